The number of nitrogens with zero attached hydrogens (tertiary/aromatic N) is 3. The quantitative estimate of drug-likeness (QED) is 0.470. The number of para-hydroxylation sites is 1. The molecule has 0 saturated heterocycles. The normalized spacial score (nSPS) is 10.8. The number of aromatic nitrogens is 3. The zero-order valence-electron chi connectivity index (χ0n) is 15.2. The summed E-state index contributed by atoms with van der Waals surface area (Å²) < 4.78 is 13.2. The molecule has 0 atom stereocenters. The minimum atomic E-state index is 0.147. The lowest BCUT2D eigenvalue weighted by atomic mass is 10.1. The third kappa shape index (κ3) is 3.22. The van der Waals surface area contributed by atoms with Gasteiger partial charge in [-0.3, -0.25) is 4.40 Å². The molecule has 2 aromatic heterocycles. The van der Waals surface area contributed by atoms with Gasteiger partial charge in [0.1, 0.15) is 21.9 Å². The number of anilines is 2. The minimum absolute atomic E-state index is 0.147. The molecule has 0 aliphatic carbocycles. The van der Waals surface area contributed by atoms with Gasteiger partial charge in [-0.25, -0.2) is 9.97 Å². The number of hydrogen-bond donors (Lipinski definition) is 2. The van der Waals surface area contributed by atoms with E-state index in [1.165, 1.54) is 0 Å². The lowest BCUT2D eigenvalue weighted by Crippen LogP contribution is -1.99. The van der Waals surface area contributed by atoms with E-state index in [9.17, 15) is 5.11 Å². The first-order chi connectivity index (χ1) is 13.6. The number of methoxy groups -OCH3 is 2. The van der Waals surface area contributed by atoms with Crippen molar-refractivity contribution in [2.24, 2.45) is 0 Å². The molecule has 4 rings (SSSR count). The number of halogens is 1. The molecule has 2 N–H and O–H groups in total. The molecular formula is C20H17BrN4O3. The molecule has 8 heteroatoms. The number of benzene rings is 2. The predicted octanol–water partition coefficient (Wildman–Crippen LogP) is 4.63. The molecule has 4 aromatic rings. The molecule has 0 radical (unpaired) electrons. The molecule has 2 heterocycles. The molecule has 2 aromatic carbocycles. The highest BCUT2D eigenvalue weighted by molar-refractivity contribution is 9.10. The minimum Gasteiger partial charge on any atom is -0.507 e. The Morgan fingerprint density at radius 2 is 1.86 bits per heavy atom. The van der Waals surface area contributed by atoms with E-state index in [0.29, 0.717) is 38.8 Å². The van der Waals surface area contributed by atoms with Crippen molar-refractivity contribution in [2.45, 2.75) is 0 Å². The van der Waals surface area contributed by atoms with Gasteiger partial charge in [0, 0.05) is 23.5 Å². The monoisotopic (exact) mass is 440 g/mol. The first kappa shape index (κ1) is 18.1. The van der Waals surface area contributed by atoms with Crippen LogP contribution in [0.1, 0.15) is 0 Å². The average Bonchev–Trinajstić information content (AvgIpc) is 3.05. The van der Waals surface area contributed by atoms with Gasteiger partial charge in [0.2, 0.25) is 0 Å². The Morgan fingerprint density at radius 3 is 2.61 bits per heavy atom. The van der Waals surface area contributed by atoms with E-state index in [1.54, 1.807) is 32.5 Å². The van der Waals surface area contributed by atoms with Crippen LogP contribution in [-0.4, -0.2) is 33.7 Å². The number of phenolic OH excluding ortho intramolecular Hbond substituents is 1. The Bertz CT molecular complexity index is 1160. The summed E-state index contributed by atoms with van der Waals surface area (Å²) in [4.78, 5) is 8.90. The van der Waals surface area contributed by atoms with E-state index < -0.39 is 0 Å². The summed E-state index contributed by atoms with van der Waals surface area (Å²) in [6, 6.07) is 12.6. The molecule has 7 nitrogen and oxygen atoms in total. The molecule has 0 saturated carbocycles. The molecular weight excluding hydrogens is 424 g/mol. The van der Waals surface area contributed by atoms with E-state index in [2.05, 4.69) is 31.2 Å². The molecule has 0 aliphatic heterocycles. The SMILES string of the molecule is COc1ccc(Nc2c(-c3ccccc3O)nc3cnc(Br)cn23)cc1OC. The third-order valence-electron chi connectivity index (χ3n) is 4.28. The van der Waals surface area contributed by atoms with Crippen LogP contribution >= 0.6 is 15.9 Å². The molecule has 0 fully saturated rings. The van der Waals surface area contributed by atoms with Crippen molar-refractivity contribution in [1.29, 1.82) is 0 Å². The van der Waals surface area contributed by atoms with Crippen molar-refractivity contribution in [3.63, 3.8) is 0 Å². The highest BCUT2D eigenvalue weighted by Gasteiger charge is 2.18. The molecule has 0 spiro atoms. The van der Waals surface area contributed by atoms with Gasteiger partial charge in [-0.1, -0.05) is 12.1 Å². The first-order valence-electron chi connectivity index (χ1n) is 8.41. The second kappa shape index (κ2) is 7.40. The topological polar surface area (TPSA) is 80.9 Å². The Kier molecular flexibility index (Phi) is 4.79. The maximum absolute atomic E-state index is 10.3. The fourth-order valence-electron chi connectivity index (χ4n) is 2.96. The van der Waals surface area contributed by atoms with E-state index in [-0.39, 0.29) is 5.75 Å². The number of rotatable bonds is 5. The molecule has 142 valence electrons. The van der Waals surface area contributed by atoms with Gasteiger partial charge in [-0.05, 0) is 40.2 Å². The number of aromatic hydroxyl groups is 1. The van der Waals surface area contributed by atoms with E-state index in [4.69, 9.17) is 9.47 Å². The predicted molar refractivity (Wildman–Crippen MR) is 111 cm³/mol. The smallest absolute Gasteiger partial charge is 0.162 e. The molecule has 0 unspecified atom stereocenters. The average molecular weight is 441 g/mol. The summed E-state index contributed by atoms with van der Waals surface area (Å²) >= 11 is 3.40. The first-order valence-corrected chi connectivity index (χ1v) is 9.21. The van der Waals surface area contributed by atoms with Crippen LogP contribution < -0.4 is 14.8 Å². The van der Waals surface area contributed by atoms with Gasteiger partial charge in [-0.15, -0.1) is 0 Å². The van der Waals surface area contributed by atoms with Crippen molar-refractivity contribution in [3.05, 3.63) is 59.5 Å². The summed E-state index contributed by atoms with van der Waals surface area (Å²) in [5, 5.41) is 13.7. The van der Waals surface area contributed by atoms with Crippen molar-refractivity contribution < 1.29 is 14.6 Å². The number of phenols is 1. The fourth-order valence-corrected chi connectivity index (χ4v) is 3.27. The summed E-state index contributed by atoms with van der Waals surface area (Å²) in [6.07, 6.45) is 3.47. The highest BCUT2D eigenvalue weighted by Crippen LogP contribution is 2.37. The third-order valence-corrected chi connectivity index (χ3v) is 4.69. The Hall–Kier alpha value is -3.26. The lowest BCUT2D eigenvalue weighted by molar-refractivity contribution is 0.355. The van der Waals surface area contributed by atoms with Crippen LogP contribution in [0.5, 0.6) is 17.2 Å². The Balaban J connectivity index is 1.89. The second-order valence-corrected chi connectivity index (χ2v) is 6.77. The van der Waals surface area contributed by atoms with Crippen LogP contribution in [0.25, 0.3) is 16.9 Å². The van der Waals surface area contributed by atoms with Crippen molar-refractivity contribution >= 4 is 33.1 Å². The largest absolute Gasteiger partial charge is 0.507 e. The van der Waals surface area contributed by atoms with Gasteiger partial charge in [-0.2, -0.15) is 0 Å². The molecule has 28 heavy (non-hydrogen) atoms. The standard InChI is InChI=1S/C20H17BrN4O3/c1-27-15-8-7-12(9-16(15)28-2)23-20-19(13-5-3-4-6-14(13)26)24-18-10-22-17(21)11-25(18)20/h3-11,23,26H,1-2H3. The van der Waals surface area contributed by atoms with Gasteiger partial charge >= 0.3 is 0 Å². The maximum Gasteiger partial charge on any atom is 0.162 e. The summed E-state index contributed by atoms with van der Waals surface area (Å²) in [5.74, 6) is 2.08. The summed E-state index contributed by atoms with van der Waals surface area (Å²) in [5.41, 5.74) is 2.64. The summed E-state index contributed by atoms with van der Waals surface area (Å²) in [6.45, 7) is 0. The lowest BCUT2D eigenvalue weighted by Gasteiger charge is -2.13. The van der Waals surface area contributed by atoms with Crippen LogP contribution in [0.2, 0.25) is 0 Å². The van der Waals surface area contributed by atoms with Crippen molar-refractivity contribution in [3.8, 4) is 28.5 Å². The van der Waals surface area contributed by atoms with E-state index >= 15 is 0 Å². The van der Waals surface area contributed by atoms with Crippen molar-refractivity contribution in [1.82, 2.24) is 14.4 Å². The number of ether oxygens (including phenoxy) is 2. The zero-order chi connectivity index (χ0) is 19.7. The van der Waals surface area contributed by atoms with E-state index in [0.717, 1.165) is 5.69 Å². The van der Waals surface area contributed by atoms with Gasteiger partial charge in [0.25, 0.3) is 0 Å². The van der Waals surface area contributed by atoms with Crippen molar-refractivity contribution in [2.75, 3.05) is 19.5 Å². The number of hydrogen-bond acceptors (Lipinski definition) is 6. The van der Waals surface area contributed by atoms with Crippen LogP contribution in [-0.2, 0) is 0 Å². The van der Waals surface area contributed by atoms with Crippen LogP contribution in [0, 0.1) is 0 Å². The van der Waals surface area contributed by atoms with Gasteiger partial charge < -0.3 is 19.9 Å². The van der Waals surface area contributed by atoms with Crippen LogP contribution in [0.4, 0.5) is 11.5 Å². The second-order valence-electron chi connectivity index (χ2n) is 5.96. The van der Waals surface area contributed by atoms with Crippen LogP contribution in [0.15, 0.2) is 59.5 Å². The van der Waals surface area contributed by atoms with Crippen LogP contribution in [0.3, 0.4) is 0 Å². The Morgan fingerprint density at radius 1 is 1.07 bits per heavy atom. The zero-order valence-corrected chi connectivity index (χ0v) is 16.8. The Labute approximate surface area is 169 Å². The number of fused-ring (bicyclic) bond motifs is 1. The van der Waals surface area contributed by atoms with Gasteiger partial charge in [0.05, 0.1) is 20.4 Å². The van der Waals surface area contributed by atoms with Gasteiger partial charge in [0.15, 0.2) is 17.1 Å². The molecule has 0 amide bonds. The molecule has 0 bridgehead atoms. The fraction of sp³-hybridized carbons (Fsp3) is 0.100. The number of nitrogens with one attached hydrogen (secondary N) is 1. The number of imidazole rings is 1. The van der Waals surface area contributed by atoms with E-state index in [1.807, 2.05) is 40.9 Å². The maximum atomic E-state index is 10.3. The molecule has 0 aliphatic rings. The summed E-state index contributed by atoms with van der Waals surface area (Å²) in [7, 11) is 3.18. The highest BCUT2D eigenvalue weighted by atomic mass is 79.9.